The Balaban J connectivity index is 0.000000684. The molecule has 2 aliphatic rings. The van der Waals surface area contributed by atoms with E-state index >= 15 is 0 Å². The van der Waals surface area contributed by atoms with Gasteiger partial charge in [-0.2, -0.15) is 0 Å². The molecule has 2 fully saturated rings. The number of methoxy groups -OCH3 is 1. The number of nitrogens with zero attached hydrogens (tertiary/aromatic N) is 1. The first-order chi connectivity index (χ1) is 10.5. The maximum absolute atomic E-state index is 12.5. The zero-order valence-corrected chi connectivity index (χ0v) is 15.7. The number of hydrogen-bond acceptors (Lipinski definition) is 2. The van der Waals surface area contributed by atoms with Gasteiger partial charge in [-0.05, 0) is 79.1 Å². The van der Waals surface area contributed by atoms with Crippen molar-refractivity contribution in [1.82, 2.24) is 4.90 Å². The van der Waals surface area contributed by atoms with E-state index in [1.54, 1.807) is 7.11 Å². The van der Waals surface area contributed by atoms with Gasteiger partial charge in [0, 0.05) is 42.2 Å². The summed E-state index contributed by atoms with van der Waals surface area (Å²) >= 11 is 0. The molecule has 2 rings (SSSR count). The third kappa shape index (κ3) is 7.58. The molecule has 0 aromatic heterocycles. The van der Waals surface area contributed by atoms with Crippen LogP contribution in [0.3, 0.4) is 0 Å². The molecule has 0 saturated heterocycles. The van der Waals surface area contributed by atoms with Crippen LogP contribution >= 0.6 is 0 Å². The van der Waals surface area contributed by atoms with Gasteiger partial charge in [0.15, 0.2) is 0 Å². The van der Waals surface area contributed by atoms with Gasteiger partial charge in [0.05, 0.1) is 12.5 Å². The molecule has 2 saturated carbocycles. The van der Waals surface area contributed by atoms with E-state index in [-0.39, 0.29) is 35.1 Å². The number of carbonyl (C=O) groups is 1. The summed E-state index contributed by atoms with van der Waals surface area (Å²) in [5.41, 5.74) is 0. The number of rotatable bonds is 5. The molecular weight excluding hydrogens is 330 g/mol. The van der Waals surface area contributed by atoms with Crippen molar-refractivity contribution in [3.05, 3.63) is 63.2 Å². The van der Waals surface area contributed by atoms with E-state index in [0.29, 0.717) is 6.61 Å². The zero-order chi connectivity index (χ0) is 16.5. The minimum absolute atomic E-state index is 0. The van der Waals surface area contributed by atoms with E-state index < -0.39 is 0 Å². The summed E-state index contributed by atoms with van der Waals surface area (Å²) in [6.07, 6.45) is 15.7. The average molecular weight is 357 g/mol. The quantitative estimate of drug-likeness (QED) is 0.708. The van der Waals surface area contributed by atoms with Crippen molar-refractivity contribution in [3.8, 4) is 0 Å². The van der Waals surface area contributed by atoms with Crippen LogP contribution in [-0.4, -0.2) is 36.6 Å². The first-order valence-corrected chi connectivity index (χ1v) is 7.71. The Hall–Kier alpha value is -0.0505. The van der Waals surface area contributed by atoms with Crippen molar-refractivity contribution < 1.29 is 26.6 Å². The standard InChI is InChI=1S/C14H22NO2.C5H5.Fe/c1-10(2)15(11(3)4)14(16)13-8-6-7-12(13)9-17-5;1-2-4-5-3-1;/h6-8,10-11H,9H2,1-5H3;1-5H;. The Labute approximate surface area is 154 Å². The minimum Gasteiger partial charge on any atom is -0.384 e. The van der Waals surface area contributed by atoms with Gasteiger partial charge < -0.3 is 9.64 Å². The van der Waals surface area contributed by atoms with E-state index in [1.807, 2.05) is 84.0 Å². The van der Waals surface area contributed by atoms with E-state index in [1.165, 1.54) is 0 Å². The molecule has 2 aliphatic carbocycles. The SMILES string of the molecule is COC[C]1[CH][CH][CH][C]1C(=O)N(C(C)C)C(C)C.[CH]1[CH][CH][CH][CH]1.[Fe]. The maximum atomic E-state index is 12.5. The van der Waals surface area contributed by atoms with E-state index in [2.05, 4.69) is 0 Å². The average Bonchev–Trinajstić information content (AvgIpc) is 3.12. The second-order valence-corrected chi connectivity index (χ2v) is 5.76. The summed E-state index contributed by atoms with van der Waals surface area (Å²) in [5.74, 6) is 1.81. The van der Waals surface area contributed by atoms with Crippen molar-refractivity contribution in [3.63, 3.8) is 0 Å². The summed E-state index contributed by atoms with van der Waals surface area (Å²) in [5, 5.41) is 0. The first-order valence-electron chi connectivity index (χ1n) is 7.71. The third-order valence-electron chi connectivity index (χ3n) is 3.34. The predicted octanol–water partition coefficient (Wildman–Crippen LogP) is 3.07. The van der Waals surface area contributed by atoms with Gasteiger partial charge in [0.2, 0.25) is 5.91 Å². The van der Waals surface area contributed by atoms with Crippen molar-refractivity contribution in [2.45, 2.75) is 39.8 Å². The molecule has 0 aliphatic heterocycles. The van der Waals surface area contributed by atoms with Gasteiger partial charge in [0.1, 0.15) is 0 Å². The normalized spacial score (nSPS) is 18.7. The molecule has 0 unspecified atom stereocenters. The monoisotopic (exact) mass is 357 g/mol. The molecular formula is C19H27FeNO2. The Morgan fingerprint density at radius 2 is 1.43 bits per heavy atom. The molecule has 0 atom stereocenters. The summed E-state index contributed by atoms with van der Waals surface area (Å²) in [7, 11) is 1.64. The molecule has 0 bridgehead atoms. The molecule has 23 heavy (non-hydrogen) atoms. The van der Waals surface area contributed by atoms with Gasteiger partial charge >= 0.3 is 0 Å². The first kappa shape index (κ1) is 22.9. The van der Waals surface area contributed by atoms with Crippen LogP contribution in [0, 0.1) is 63.2 Å². The van der Waals surface area contributed by atoms with Crippen LogP contribution in [0.2, 0.25) is 0 Å². The maximum Gasteiger partial charge on any atom is 0.231 e. The van der Waals surface area contributed by atoms with Gasteiger partial charge in [-0.1, -0.05) is 0 Å². The predicted molar refractivity (Wildman–Crippen MR) is 89.9 cm³/mol. The molecule has 4 heteroatoms. The van der Waals surface area contributed by atoms with Gasteiger partial charge in [0.25, 0.3) is 0 Å². The topological polar surface area (TPSA) is 29.5 Å². The molecule has 1 amide bonds. The summed E-state index contributed by atoms with van der Waals surface area (Å²) in [6, 6.07) is 0.403. The number of amides is 1. The van der Waals surface area contributed by atoms with Gasteiger partial charge in [-0.25, -0.2) is 0 Å². The number of ether oxygens (including phenoxy) is 1. The van der Waals surface area contributed by atoms with E-state index in [9.17, 15) is 4.79 Å². The zero-order valence-electron chi connectivity index (χ0n) is 14.6. The molecule has 10 radical (unpaired) electrons. The van der Waals surface area contributed by atoms with E-state index in [4.69, 9.17) is 4.74 Å². The fourth-order valence-corrected chi connectivity index (χ4v) is 2.47. The minimum atomic E-state index is 0. The fourth-order valence-electron chi connectivity index (χ4n) is 2.47. The molecule has 0 heterocycles. The van der Waals surface area contributed by atoms with Crippen molar-refractivity contribution in [2.24, 2.45) is 0 Å². The van der Waals surface area contributed by atoms with Crippen LogP contribution in [0.1, 0.15) is 27.7 Å². The Morgan fingerprint density at radius 3 is 1.83 bits per heavy atom. The summed E-state index contributed by atoms with van der Waals surface area (Å²) in [6.45, 7) is 8.64. The van der Waals surface area contributed by atoms with Gasteiger partial charge in [-0.15, -0.1) is 0 Å². The third-order valence-corrected chi connectivity index (χ3v) is 3.34. The van der Waals surface area contributed by atoms with Crippen molar-refractivity contribution >= 4 is 5.91 Å². The molecule has 0 aromatic carbocycles. The van der Waals surface area contributed by atoms with Crippen LogP contribution < -0.4 is 0 Å². The van der Waals surface area contributed by atoms with Gasteiger partial charge in [-0.3, -0.25) is 4.79 Å². The molecule has 128 valence electrons. The second-order valence-electron chi connectivity index (χ2n) is 5.76. The molecule has 0 aromatic rings. The molecule has 0 N–H and O–H groups in total. The molecule has 0 spiro atoms. The van der Waals surface area contributed by atoms with Crippen LogP contribution in [-0.2, 0) is 26.6 Å². The fraction of sp³-hybridized carbons (Fsp3) is 0.421. The van der Waals surface area contributed by atoms with Crippen molar-refractivity contribution in [1.29, 1.82) is 0 Å². The molecule has 3 nitrogen and oxygen atoms in total. The Morgan fingerprint density at radius 1 is 0.957 bits per heavy atom. The summed E-state index contributed by atoms with van der Waals surface area (Å²) < 4.78 is 5.11. The van der Waals surface area contributed by atoms with Crippen LogP contribution in [0.5, 0.6) is 0 Å². The summed E-state index contributed by atoms with van der Waals surface area (Å²) in [4.78, 5) is 14.4. The van der Waals surface area contributed by atoms with Crippen LogP contribution in [0.15, 0.2) is 0 Å². The number of hydrogen-bond donors (Lipinski definition) is 0. The van der Waals surface area contributed by atoms with E-state index in [0.717, 1.165) is 11.8 Å². The second kappa shape index (κ2) is 12.3. The Bertz CT molecular complexity index is 301. The Kier molecular flexibility index (Phi) is 12.3. The van der Waals surface area contributed by atoms with Crippen LogP contribution in [0.25, 0.3) is 0 Å². The van der Waals surface area contributed by atoms with Crippen LogP contribution in [0.4, 0.5) is 0 Å². The largest absolute Gasteiger partial charge is 0.384 e. The van der Waals surface area contributed by atoms with Crippen molar-refractivity contribution in [2.75, 3.05) is 13.7 Å². The smallest absolute Gasteiger partial charge is 0.231 e. The number of carbonyl (C=O) groups excluding carboxylic acids is 1.